The first-order chi connectivity index (χ1) is 16.1. The molecule has 0 radical (unpaired) electrons. The van der Waals surface area contributed by atoms with E-state index in [0.717, 1.165) is 5.69 Å². The lowest BCUT2D eigenvalue weighted by molar-refractivity contribution is 1.40. The second-order valence-corrected chi connectivity index (χ2v) is 8.52. The van der Waals surface area contributed by atoms with Gasteiger partial charge in [-0.15, -0.1) is 0 Å². The topological polar surface area (TPSA) is 26.0 Å². The molecule has 1 nitrogen and oxygen atoms in total. The Morgan fingerprint density at radius 2 is 0.758 bits per heavy atom. The van der Waals surface area contributed by atoms with Gasteiger partial charge in [0.05, 0.1) is 0 Å². The fourth-order valence-corrected chi connectivity index (χ4v) is 4.62. The number of hydrogen-bond acceptors (Lipinski definition) is 1. The van der Waals surface area contributed by atoms with E-state index in [1.54, 1.807) is 0 Å². The van der Waals surface area contributed by atoms with Crippen molar-refractivity contribution in [3.05, 3.63) is 126 Å². The van der Waals surface area contributed by atoms with Crippen LogP contribution >= 0.6 is 0 Å². The zero-order valence-electron chi connectivity index (χ0n) is 19.0. The number of nitrogens with two attached hydrogens (primary N) is 1. The van der Waals surface area contributed by atoms with Crippen LogP contribution in [0.3, 0.4) is 0 Å². The Labute approximate surface area is 196 Å². The Morgan fingerprint density at radius 3 is 1.27 bits per heavy atom. The van der Waals surface area contributed by atoms with Gasteiger partial charge in [0.15, 0.2) is 0 Å². The molecule has 0 amide bonds. The predicted molar refractivity (Wildman–Crippen MR) is 142 cm³/mol. The van der Waals surface area contributed by atoms with Gasteiger partial charge >= 0.3 is 0 Å². The summed E-state index contributed by atoms with van der Waals surface area (Å²) in [5.41, 5.74) is 19.2. The zero-order valence-corrected chi connectivity index (χ0v) is 19.0. The van der Waals surface area contributed by atoms with Crippen LogP contribution in [0.1, 0.15) is 11.1 Å². The van der Waals surface area contributed by atoms with E-state index in [1.807, 2.05) is 12.1 Å². The SMILES string of the molecule is Cc1c(-c2ccc(N)cc2)cccc1-c1cccc(-c2ccc(-c3ccccc3)cc2)c1C. The Hall–Kier alpha value is -4.10. The molecule has 0 aliphatic carbocycles. The molecular formula is C32H27N. The monoisotopic (exact) mass is 425 g/mol. The molecule has 5 aromatic rings. The molecule has 5 aromatic carbocycles. The molecule has 0 bridgehead atoms. The van der Waals surface area contributed by atoms with Crippen LogP contribution in [0.25, 0.3) is 44.5 Å². The van der Waals surface area contributed by atoms with E-state index in [4.69, 9.17) is 5.73 Å². The van der Waals surface area contributed by atoms with Gasteiger partial charge in [-0.3, -0.25) is 0 Å². The highest BCUT2D eigenvalue weighted by atomic mass is 14.5. The first kappa shape index (κ1) is 20.8. The van der Waals surface area contributed by atoms with Crippen molar-refractivity contribution >= 4 is 5.69 Å². The fourth-order valence-electron chi connectivity index (χ4n) is 4.62. The van der Waals surface area contributed by atoms with Gasteiger partial charge in [-0.05, 0) is 81.6 Å². The molecule has 5 rings (SSSR count). The highest BCUT2D eigenvalue weighted by molar-refractivity contribution is 5.84. The second-order valence-electron chi connectivity index (χ2n) is 8.52. The molecule has 0 heterocycles. The average Bonchev–Trinajstić information content (AvgIpc) is 2.86. The van der Waals surface area contributed by atoms with Crippen LogP contribution in [-0.4, -0.2) is 0 Å². The molecule has 0 fully saturated rings. The molecule has 33 heavy (non-hydrogen) atoms. The van der Waals surface area contributed by atoms with Gasteiger partial charge in [0.2, 0.25) is 0 Å². The van der Waals surface area contributed by atoms with Crippen molar-refractivity contribution in [1.29, 1.82) is 0 Å². The minimum Gasteiger partial charge on any atom is -0.399 e. The highest BCUT2D eigenvalue weighted by Gasteiger charge is 2.13. The summed E-state index contributed by atoms with van der Waals surface area (Å²) < 4.78 is 0. The van der Waals surface area contributed by atoms with Gasteiger partial charge in [-0.1, -0.05) is 103 Å². The summed E-state index contributed by atoms with van der Waals surface area (Å²) in [5.74, 6) is 0. The molecule has 0 spiro atoms. The number of rotatable bonds is 4. The Balaban J connectivity index is 1.55. The summed E-state index contributed by atoms with van der Waals surface area (Å²) in [4.78, 5) is 0. The molecule has 0 unspecified atom stereocenters. The molecular weight excluding hydrogens is 398 g/mol. The number of hydrogen-bond donors (Lipinski definition) is 1. The summed E-state index contributed by atoms with van der Waals surface area (Å²) in [7, 11) is 0. The molecule has 0 saturated heterocycles. The third-order valence-electron chi connectivity index (χ3n) is 6.48. The van der Waals surface area contributed by atoms with Crippen LogP contribution in [0, 0.1) is 13.8 Å². The molecule has 1 heteroatoms. The van der Waals surface area contributed by atoms with Crippen molar-refractivity contribution in [1.82, 2.24) is 0 Å². The van der Waals surface area contributed by atoms with Crippen LogP contribution in [-0.2, 0) is 0 Å². The van der Waals surface area contributed by atoms with Gasteiger partial charge < -0.3 is 5.73 Å². The van der Waals surface area contributed by atoms with Crippen LogP contribution < -0.4 is 5.73 Å². The largest absolute Gasteiger partial charge is 0.399 e. The van der Waals surface area contributed by atoms with Crippen molar-refractivity contribution in [3.63, 3.8) is 0 Å². The smallest absolute Gasteiger partial charge is 0.0314 e. The average molecular weight is 426 g/mol. The normalized spacial score (nSPS) is 10.8. The lowest BCUT2D eigenvalue weighted by Gasteiger charge is -2.17. The van der Waals surface area contributed by atoms with Crippen LogP contribution in [0.5, 0.6) is 0 Å². The summed E-state index contributed by atoms with van der Waals surface area (Å²) in [6.45, 7) is 4.44. The lowest BCUT2D eigenvalue weighted by atomic mass is 9.88. The standard InChI is InChI=1S/C32H27N/c1-22-29(26-16-14-25(15-17-26)24-8-4-3-5-9-24)10-6-12-31(22)32-13-7-11-30(23(32)2)27-18-20-28(33)21-19-27/h3-21H,33H2,1-2H3. The summed E-state index contributed by atoms with van der Waals surface area (Å²) >= 11 is 0. The summed E-state index contributed by atoms with van der Waals surface area (Å²) in [6, 6.07) is 40.7. The number of nitrogen functional groups attached to an aromatic ring is 1. The highest BCUT2D eigenvalue weighted by Crippen LogP contribution is 2.37. The lowest BCUT2D eigenvalue weighted by Crippen LogP contribution is -1.93. The molecule has 0 aromatic heterocycles. The maximum atomic E-state index is 5.90. The van der Waals surface area contributed by atoms with Gasteiger partial charge in [0.25, 0.3) is 0 Å². The van der Waals surface area contributed by atoms with Crippen molar-refractivity contribution in [2.45, 2.75) is 13.8 Å². The quantitative estimate of drug-likeness (QED) is 0.287. The number of anilines is 1. The van der Waals surface area contributed by atoms with Crippen LogP contribution in [0.2, 0.25) is 0 Å². The summed E-state index contributed by atoms with van der Waals surface area (Å²) in [5, 5.41) is 0. The van der Waals surface area contributed by atoms with Crippen molar-refractivity contribution in [3.8, 4) is 44.5 Å². The Morgan fingerprint density at radius 1 is 0.364 bits per heavy atom. The molecule has 0 aliphatic rings. The van der Waals surface area contributed by atoms with Crippen molar-refractivity contribution < 1.29 is 0 Å². The van der Waals surface area contributed by atoms with E-state index in [9.17, 15) is 0 Å². The van der Waals surface area contributed by atoms with Crippen molar-refractivity contribution in [2.75, 3.05) is 5.73 Å². The minimum atomic E-state index is 0.786. The van der Waals surface area contributed by atoms with Gasteiger partial charge in [-0.2, -0.15) is 0 Å². The maximum Gasteiger partial charge on any atom is 0.0314 e. The molecule has 0 atom stereocenters. The van der Waals surface area contributed by atoms with E-state index in [1.165, 1.54) is 55.6 Å². The molecule has 160 valence electrons. The van der Waals surface area contributed by atoms with Crippen molar-refractivity contribution in [2.24, 2.45) is 0 Å². The third-order valence-corrected chi connectivity index (χ3v) is 6.48. The third kappa shape index (κ3) is 4.06. The Bertz CT molecular complexity index is 1400. The first-order valence-electron chi connectivity index (χ1n) is 11.3. The van der Waals surface area contributed by atoms with Gasteiger partial charge in [0.1, 0.15) is 0 Å². The maximum absolute atomic E-state index is 5.90. The summed E-state index contributed by atoms with van der Waals surface area (Å²) in [6.07, 6.45) is 0. The Kier molecular flexibility index (Phi) is 5.54. The van der Waals surface area contributed by atoms with E-state index in [2.05, 4.69) is 117 Å². The number of benzene rings is 5. The molecule has 0 aliphatic heterocycles. The zero-order chi connectivity index (χ0) is 22.8. The minimum absolute atomic E-state index is 0.786. The second kappa shape index (κ2) is 8.80. The molecule has 2 N–H and O–H groups in total. The van der Waals surface area contributed by atoms with Gasteiger partial charge in [-0.25, -0.2) is 0 Å². The molecule has 0 saturated carbocycles. The van der Waals surface area contributed by atoms with Gasteiger partial charge in [0, 0.05) is 5.69 Å². The van der Waals surface area contributed by atoms with E-state index < -0.39 is 0 Å². The van der Waals surface area contributed by atoms with E-state index in [0.29, 0.717) is 0 Å². The van der Waals surface area contributed by atoms with Crippen LogP contribution in [0.15, 0.2) is 115 Å². The first-order valence-corrected chi connectivity index (χ1v) is 11.3. The fraction of sp³-hybridized carbons (Fsp3) is 0.0625. The predicted octanol–water partition coefficient (Wildman–Crippen LogP) is 8.55. The van der Waals surface area contributed by atoms with E-state index >= 15 is 0 Å². The van der Waals surface area contributed by atoms with E-state index in [-0.39, 0.29) is 0 Å². The van der Waals surface area contributed by atoms with Crippen LogP contribution in [0.4, 0.5) is 5.69 Å².